The second kappa shape index (κ2) is 3.70. The summed E-state index contributed by atoms with van der Waals surface area (Å²) in [6.07, 6.45) is 4.70. The summed E-state index contributed by atoms with van der Waals surface area (Å²) in [7, 11) is 0. The number of halogens is 1. The molecule has 0 spiro atoms. The zero-order valence-corrected chi connectivity index (χ0v) is 9.40. The van der Waals surface area contributed by atoms with Gasteiger partial charge >= 0.3 is 0 Å². The Morgan fingerprint density at radius 3 is 2.77 bits per heavy atom. The van der Waals surface area contributed by atoms with Crippen LogP contribution in [-0.2, 0) is 4.79 Å². The van der Waals surface area contributed by atoms with Gasteiger partial charge in [-0.2, -0.15) is 0 Å². The first kappa shape index (κ1) is 9.66. The SMILES string of the molecule is O=C(CBr)C12CCC(CC1)CNC2. The molecule has 3 fully saturated rings. The zero-order chi connectivity index (χ0) is 9.31. The summed E-state index contributed by atoms with van der Waals surface area (Å²) in [5.41, 5.74) is -0.0174. The molecule has 0 aromatic heterocycles. The van der Waals surface area contributed by atoms with Crippen LogP contribution in [0.4, 0.5) is 0 Å². The van der Waals surface area contributed by atoms with Crippen molar-refractivity contribution >= 4 is 21.7 Å². The fraction of sp³-hybridized carbons (Fsp3) is 0.900. The molecule has 0 radical (unpaired) electrons. The Labute approximate surface area is 87.6 Å². The van der Waals surface area contributed by atoms with Crippen LogP contribution in [0.15, 0.2) is 0 Å². The van der Waals surface area contributed by atoms with Gasteiger partial charge in [0.05, 0.1) is 5.33 Å². The number of hydrogen-bond acceptors (Lipinski definition) is 2. The van der Waals surface area contributed by atoms with E-state index in [1.807, 2.05) is 0 Å². The molecule has 1 saturated carbocycles. The van der Waals surface area contributed by atoms with Gasteiger partial charge in [0.2, 0.25) is 0 Å². The third kappa shape index (κ3) is 1.68. The van der Waals surface area contributed by atoms with Crippen molar-refractivity contribution in [3.8, 4) is 0 Å². The van der Waals surface area contributed by atoms with Crippen molar-refractivity contribution in [2.24, 2.45) is 11.3 Å². The van der Waals surface area contributed by atoms with Crippen molar-refractivity contribution in [2.75, 3.05) is 18.4 Å². The first-order valence-electron chi connectivity index (χ1n) is 5.07. The monoisotopic (exact) mass is 245 g/mol. The van der Waals surface area contributed by atoms with Crippen LogP contribution in [0.2, 0.25) is 0 Å². The molecule has 1 aliphatic carbocycles. The first-order chi connectivity index (χ1) is 6.27. The highest BCUT2D eigenvalue weighted by molar-refractivity contribution is 9.09. The number of carbonyl (C=O) groups excluding carboxylic acids is 1. The van der Waals surface area contributed by atoms with Gasteiger partial charge in [-0.1, -0.05) is 15.9 Å². The molecule has 0 unspecified atom stereocenters. The first-order valence-corrected chi connectivity index (χ1v) is 6.19. The van der Waals surface area contributed by atoms with E-state index in [4.69, 9.17) is 0 Å². The van der Waals surface area contributed by atoms with E-state index in [9.17, 15) is 4.79 Å². The number of Topliss-reactive ketones (excluding diaryl/α,β-unsaturated/α-hetero) is 1. The predicted molar refractivity (Wildman–Crippen MR) is 56.1 cm³/mol. The summed E-state index contributed by atoms with van der Waals surface area (Å²) in [6, 6.07) is 0. The van der Waals surface area contributed by atoms with Gasteiger partial charge in [0.25, 0.3) is 0 Å². The topological polar surface area (TPSA) is 29.1 Å². The number of carbonyl (C=O) groups is 1. The van der Waals surface area contributed by atoms with E-state index in [1.165, 1.54) is 12.8 Å². The average molecular weight is 246 g/mol. The standard InChI is InChI=1S/C10H16BrNO/c11-5-9(13)10-3-1-8(2-4-10)6-12-7-10/h8,12H,1-7H2. The fourth-order valence-electron chi connectivity index (χ4n) is 2.65. The summed E-state index contributed by atoms with van der Waals surface area (Å²) in [5, 5.41) is 3.95. The van der Waals surface area contributed by atoms with Crippen LogP contribution in [0.3, 0.4) is 0 Å². The Morgan fingerprint density at radius 2 is 2.15 bits per heavy atom. The van der Waals surface area contributed by atoms with Crippen molar-refractivity contribution in [1.82, 2.24) is 5.32 Å². The molecule has 0 aromatic rings. The highest BCUT2D eigenvalue weighted by Gasteiger charge is 2.42. The van der Waals surface area contributed by atoms with Gasteiger partial charge in [-0.15, -0.1) is 0 Å². The van der Waals surface area contributed by atoms with E-state index in [1.54, 1.807) is 0 Å². The van der Waals surface area contributed by atoms with Crippen LogP contribution >= 0.6 is 15.9 Å². The lowest BCUT2D eigenvalue weighted by Crippen LogP contribution is -2.40. The number of alkyl halides is 1. The van der Waals surface area contributed by atoms with Gasteiger partial charge in [-0.05, 0) is 38.1 Å². The summed E-state index contributed by atoms with van der Waals surface area (Å²) >= 11 is 3.29. The lowest BCUT2D eigenvalue weighted by molar-refractivity contribution is -0.127. The van der Waals surface area contributed by atoms with Gasteiger partial charge in [0, 0.05) is 12.0 Å². The highest BCUT2D eigenvalue weighted by atomic mass is 79.9. The quantitative estimate of drug-likeness (QED) is 0.752. The minimum absolute atomic E-state index is 0.0174. The molecule has 2 aliphatic heterocycles. The molecule has 0 atom stereocenters. The molecule has 2 nitrogen and oxygen atoms in total. The van der Waals surface area contributed by atoms with Crippen molar-refractivity contribution in [3.63, 3.8) is 0 Å². The summed E-state index contributed by atoms with van der Waals surface area (Å²) in [4.78, 5) is 11.8. The number of fused-ring (bicyclic) bond motifs is 4. The maximum Gasteiger partial charge on any atom is 0.150 e. The van der Waals surface area contributed by atoms with Crippen LogP contribution in [-0.4, -0.2) is 24.2 Å². The van der Waals surface area contributed by atoms with E-state index < -0.39 is 0 Å². The van der Waals surface area contributed by atoms with Crippen LogP contribution in [0.1, 0.15) is 25.7 Å². The van der Waals surface area contributed by atoms with Crippen molar-refractivity contribution in [2.45, 2.75) is 25.7 Å². The smallest absolute Gasteiger partial charge is 0.150 e. The van der Waals surface area contributed by atoms with Gasteiger partial charge in [-0.3, -0.25) is 4.79 Å². The molecule has 0 amide bonds. The molecule has 3 heteroatoms. The summed E-state index contributed by atoms with van der Waals surface area (Å²) in [5.74, 6) is 1.24. The van der Waals surface area contributed by atoms with Crippen molar-refractivity contribution < 1.29 is 4.79 Å². The normalized spacial score (nSPS) is 38.7. The number of nitrogens with one attached hydrogen (secondary N) is 1. The Kier molecular flexibility index (Phi) is 2.75. The van der Waals surface area contributed by atoms with E-state index in [-0.39, 0.29) is 5.41 Å². The van der Waals surface area contributed by atoms with Crippen LogP contribution in [0.5, 0.6) is 0 Å². The van der Waals surface area contributed by atoms with Crippen molar-refractivity contribution in [3.05, 3.63) is 0 Å². The number of hydrogen-bond donors (Lipinski definition) is 1. The minimum atomic E-state index is -0.0174. The van der Waals surface area contributed by atoms with Crippen LogP contribution in [0, 0.1) is 11.3 Å². The lowest BCUT2D eigenvalue weighted by atomic mass is 9.70. The molecular weight excluding hydrogens is 230 g/mol. The second-order valence-corrected chi connectivity index (χ2v) is 4.97. The van der Waals surface area contributed by atoms with Gasteiger partial charge < -0.3 is 5.32 Å². The number of ketones is 1. The highest BCUT2D eigenvalue weighted by Crippen LogP contribution is 2.41. The maximum atomic E-state index is 11.8. The van der Waals surface area contributed by atoms with Crippen LogP contribution < -0.4 is 5.32 Å². The molecule has 2 bridgehead atoms. The molecule has 1 N–H and O–H groups in total. The Bertz CT molecular complexity index is 203. The van der Waals surface area contributed by atoms with Crippen molar-refractivity contribution in [1.29, 1.82) is 0 Å². The lowest BCUT2D eigenvalue weighted by Gasteiger charge is -2.34. The van der Waals surface area contributed by atoms with E-state index >= 15 is 0 Å². The second-order valence-electron chi connectivity index (χ2n) is 4.41. The zero-order valence-electron chi connectivity index (χ0n) is 7.81. The molecule has 0 aromatic carbocycles. The molecule has 74 valence electrons. The van der Waals surface area contributed by atoms with Gasteiger partial charge in [-0.25, -0.2) is 0 Å². The molecule has 2 saturated heterocycles. The molecule has 2 heterocycles. The molecule has 3 aliphatic rings. The average Bonchev–Trinajstić information content (AvgIpc) is 2.50. The summed E-state index contributed by atoms with van der Waals surface area (Å²) in [6.45, 7) is 2.03. The van der Waals surface area contributed by atoms with E-state index in [2.05, 4.69) is 21.2 Å². The third-order valence-electron chi connectivity index (χ3n) is 3.67. The Hall–Kier alpha value is 0.110. The summed E-state index contributed by atoms with van der Waals surface area (Å²) < 4.78 is 0. The largest absolute Gasteiger partial charge is 0.315 e. The van der Waals surface area contributed by atoms with Gasteiger partial charge in [0.1, 0.15) is 0 Å². The fourth-order valence-corrected chi connectivity index (χ4v) is 3.24. The Morgan fingerprint density at radius 1 is 1.46 bits per heavy atom. The third-order valence-corrected chi connectivity index (χ3v) is 4.18. The van der Waals surface area contributed by atoms with Gasteiger partial charge in [0.15, 0.2) is 5.78 Å². The maximum absolute atomic E-state index is 11.8. The molecular formula is C10H16BrNO. The van der Waals surface area contributed by atoms with Crippen LogP contribution in [0.25, 0.3) is 0 Å². The van der Waals surface area contributed by atoms with E-state index in [0.717, 1.165) is 31.8 Å². The molecule has 13 heavy (non-hydrogen) atoms. The van der Waals surface area contributed by atoms with E-state index in [0.29, 0.717) is 11.1 Å². The predicted octanol–water partition coefficient (Wildman–Crippen LogP) is 1.73. The Balaban J connectivity index is 2.16. The minimum Gasteiger partial charge on any atom is -0.315 e. The number of rotatable bonds is 2. The molecule has 3 rings (SSSR count).